The van der Waals surface area contributed by atoms with Crippen LogP contribution in [0.2, 0.25) is 0 Å². The van der Waals surface area contributed by atoms with Crippen LogP contribution in [0.5, 0.6) is 0 Å². The molecule has 1 fully saturated rings. The number of likely N-dealkylation sites (tertiary alicyclic amines) is 1. The largest absolute Gasteiger partial charge is 0.444 e. The van der Waals surface area contributed by atoms with E-state index in [1.165, 1.54) is 17.0 Å². The zero-order valence-electron chi connectivity index (χ0n) is 14.9. The number of nitrogens with zero attached hydrogens (tertiary/aromatic N) is 1. The Kier molecular flexibility index (Phi) is 5.73. The van der Waals surface area contributed by atoms with E-state index in [1.54, 1.807) is 32.9 Å². The Hall–Kier alpha value is -1.67. The molecule has 0 saturated carbocycles. The summed E-state index contributed by atoms with van der Waals surface area (Å²) < 4.78 is 49.2. The van der Waals surface area contributed by atoms with Gasteiger partial charge in [-0.05, 0) is 46.2 Å². The van der Waals surface area contributed by atoms with Gasteiger partial charge in [-0.1, -0.05) is 17.7 Å². The minimum Gasteiger partial charge on any atom is -0.444 e. The van der Waals surface area contributed by atoms with Crippen LogP contribution in [0.15, 0.2) is 29.2 Å². The summed E-state index contributed by atoms with van der Waals surface area (Å²) in [6, 6.07) is 6.14. The third kappa shape index (κ3) is 5.40. The molecule has 0 aliphatic carbocycles. The third-order valence-electron chi connectivity index (χ3n) is 3.69. The number of carbonyl (C=O) groups is 1. The van der Waals surface area contributed by atoms with Gasteiger partial charge in [-0.3, -0.25) is 4.18 Å². The van der Waals surface area contributed by atoms with Gasteiger partial charge in [-0.15, -0.1) is 0 Å². The highest BCUT2D eigenvalue weighted by Gasteiger charge is 2.37. The zero-order valence-corrected chi connectivity index (χ0v) is 15.7. The van der Waals surface area contributed by atoms with Crippen molar-refractivity contribution in [1.29, 1.82) is 0 Å². The predicted octanol–water partition coefficient (Wildman–Crippen LogP) is 3.05. The molecular formula is C17H24FNO5S. The summed E-state index contributed by atoms with van der Waals surface area (Å²) in [5.74, 6) is 0. The number of ether oxygens (including phenoxy) is 1. The van der Waals surface area contributed by atoms with E-state index in [9.17, 15) is 17.6 Å². The lowest BCUT2D eigenvalue weighted by atomic mass is 10.1. The van der Waals surface area contributed by atoms with E-state index in [4.69, 9.17) is 8.92 Å². The quantitative estimate of drug-likeness (QED) is 0.762. The average molecular weight is 373 g/mol. The van der Waals surface area contributed by atoms with E-state index in [0.717, 1.165) is 5.56 Å². The van der Waals surface area contributed by atoms with Gasteiger partial charge in [0, 0.05) is 6.54 Å². The lowest BCUT2D eigenvalue weighted by Gasteiger charge is -2.35. The Balaban J connectivity index is 1.99. The Bertz CT molecular complexity index is 712. The third-order valence-corrected chi connectivity index (χ3v) is 5.04. The maximum atomic E-state index is 14.4. The van der Waals surface area contributed by atoms with Crippen LogP contribution in [0.25, 0.3) is 0 Å². The normalized spacial score (nSPS) is 21.9. The first-order valence-electron chi connectivity index (χ1n) is 8.10. The molecule has 1 aromatic rings. The van der Waals surface area contributed by atoms with Crippen molar-refractivity contribution in [1.82, 2.24) is 4.90 Å². The Morgan fingerprint density at radius 1 is 1.24 bits per heavy atom. The second-order valence-corrected chi connectivity index (χ2v) is 8.70. The molecule has 6 nitrogen and oxygen atoms in total. The summed E-state index contributed by atoms with van der Waals surface area (Å²) in [7, 11) is -4.05. The topological polar surface area (TPSA) is 72.9 Å². The Morgan fingerprint density at radius 2 is 1.84 bits per heavy atom. The SMILES string of the molecule is Cc1ccc(S(=O)(=O)O[C@@H]2CCN(C(=O)OC(C)(C)C)C[C@H]2F)cc1. The number of hydrogen-bond acceptors (Lipinski definition) is 5. The summed E-state index contributed by atoms with van der Waals surface area (Å²) in [4.78, 5) is 13.2. The monoisotopic (exact) mass is 373 g/mol. The maximum Gasteiger partial charge on any atom is 0.410 e. The molecule has 0 unspecified atom stereocenters. The minimum absolute atomic E-state index is 0.0140. The van der Waals surface area contributed by atoms with Crippen molar-refractivity contribution in [3.8, 4) is 0 Å². The fourth-order valence-electron chi connectivity index (χ4n) is 2.41. The first-order chi connectivity index (χ1) is 11.5. The van der Waals surface area contributed by atoms with Crippen LogP contribution < -0.4 is 0 Å². The van der Waals surface area contributed by atoms with Crippen LogP contribution in [0, 0.1) is 6.92 Å². The van der Waals surface area contributed by atoms with Crippen LogP contribution in [0.3, 0.4) is 0 Å². The first kappa shape index (κ1) is 19.7. The van der Waals surface area contributed by atoms with Crippen LogP contribution in [-0.2, 0) is 19.0 Å². The molecule has 1 heterocycles. The molecule has 2 atom stereocenters. The standard InChI is InChI=1S/C17H24FNO5S/c1-12-5-7-13(8-6-12)25(21,22)24-15-9-10-19(11-14(15)18)16(20)23-17(2,3)4/h5-8,14-15H,9-11H2,1-4H3/t14-,15-/m1/s1. The van der Waals surface area contributed by atoms with Crippen LogP contribution in [0.1, 0.15) is 32.8 Å². The van der Waals surface area contributed by atoms with Gasteiger partial charge in [0.1, 0.15) is 17.9 Å². The summed E-state index contributed by atoms with van der Waals surface area (Å²) in [6.45, 7) is 6.92. The van der Waals surface area contributed by atoms with Crippen molar-refractivity contribution in [2.45, 2.75) is 56.9 Å². The van der Waals surface area contributed by atoms with Crippen molar-refractivity contribution in [3.05, 3.63) is 29.8 Å². The molecular weight excluding hydrogens is 349 g/mol. The molecule has 140 valence electrons. The van der Waals surface area contributed by atoms with Crippen molar-refractivity contribution in [2.75, 3.05) is 13.1 Å². The number of halogens is 1. The molecule has 25 heavy (non-hydrogen) atoms. The summed E-state index contributed by atoms with van der Waals surface area (Å²) in [5, 5.41) is 0. The van der Waals surface area contributed by atoms with Gasteiger partial charge in [-0.25, -0.2) is 9.18 Å². The van der Waals surface area contributed by atoms with E-state index in [-0.39, 0.29) is 24.4 Å². The highest BCUT2D eigenvalue weighted by atomic mass is 32.2. The maximum absolute atomic E-state index is 14.4. The Labute approximate surface area is 148 Å². The Morgan fingerprint density at radius 3 is 2.36 bits per heavy atom. The lowest BCUT2D eigenvalue weighted by molar-refractivity contribution is -0.00892. The number of carbonyl (C=O) groups excluding carboxylic acids is 1. The minimum atomic E-state index is -4.05. The molecule has 0 radical (unpaired) electrons. The van der Waals surface area contributed by atoms with Crippen molar-refractivity contribution in [2.24, 2.45) is 0 Å². The molecule has 2 rings (SSSR count). The lowest BCUT2D eigenvalue weighted by Crippen LogP contribution is -2.49. The molecule has 1 aromatic carbocycles. The molecule has 1 aliphatic heterocycles. The molecule has 1 amide bonds. The summed E-state index contributed by atoms with van der Waals surface area (Å²) >= 11 is 0. The van der Waals surface area contributed by atoms with E-state index in [1.807, 2.05) is 6.92 Å². The summed E-state index contributed by atoms with van der Waals surface area (Å²) in [6.07, 6.45) is -3.27. The molecule has 8 heteroatoms. The average Bonchev–Trinajstić information content (AvgIpc) is 2.48. The number of piperidine rings is 1. The first-order valence-corrected chi connectivity index (χ1v) is 9.51. The van der Waals surface area contributed by atoms with E-state index in [2.05, 4.69) is 0 Å². The number of aryl methyl sites for hydroxylation is 1. The van der Waals surface area contributed by atoms with Crippen LogP contribution in [0.4, 0.5) is 9.18 Å². The van der Waals surface area contributed by atoms with Gasteiger partial charge in [-0.2, -0.15) is 8.42 Å². The van der Waals surface area contributed by atoms with Gasteiger partial charge in [0.05, 0.1) is 11.4 Å². The number of benzene rings is 1. The van der Waals surface area contributed by atoms with Crippen LogP contribution >= 0.6 is 0 Å². The molecule has 0 bridgehead atoms. The van der Waals surface area contributed by atoms with Crippen molar-refractivity contribution >= 4 is 16.2 Å². The van der Waals surface area contributed by atoms with E-state index >= 15 is 0 Å². The number of amides is 1. The van der Waals surface area contributed by atoms with E-state index < -0.39 is 34.1 Å². The highest BCUT2D eigenvalue weighted by molar-refractivity contribution is 7.86. The molecule has 0 spiro atoms. The second kappa shape index (κ2) is 7.29. The van der Waals surface area contributed by atoms with Gasteiger partial charge < -0.3 is 9.64 Å². The predicted molar refractivity (Wildman–Crippen MR) is 90.6 cm³/mol. The smallest absolute Gasteiger partial charge is 0.410 e. The van der Waals surface area contributed by atoms with Crippen LogP contribution in [-0.4, -0.2) is 50.4 Å². The molecule has 0 N–H and O–H groups in total. The number of hydrogen-bond donors (Lipinski definition) is 0. The van der Waals surface area contributed by atoms with Gasteiger partial charge in [0.2, 0.25) is 0 Å². The molecule has 0 aromatic heterocycles. The van der Waals surface area contributed by atoms with E-state index in [0.29, 0.717) is 0 Å². The van der Waals surface area contributed by atoms with Crippen molar-refractivity contribution in [3.63, 3.8) is 0 Å². The highest BCUT2D eigenvalue weighted by Crippen LogP contribution is 2.24. The van der Waals surface area contributed by atoms with Gasteiger partial charge in [0.25, 0.3) is 10.1 Å². The second-order valence-electron chi connectivity index (χ2n) is 7.13. The van der Waals surface area contributed by atoms with Gasteiger partial charge >= 0.3 is 6.09 Å². The molecule has 1 saturated heterocycles. The van der Waals surface area contributed by atoms with Crippen molar-refractivity contribution < 1.29 is 26.5 Å². The number of alkyl halides is 1. The molecule has 1 aliphatic rings. The fraction of sp³-hybridized carbons (Fsp3) is 0.588. The summed E-state index contributed by atoms with van der Waals surface area (Å²) in [5.41, 5.74) is 0.235. The zero-order chi connectivity index (χ0) is 18.8. The number of rotatable bonds is 3. The fourth-order valence-corrected chi connectivity index (χ4v) is 3.53. The van der Waals surface area contributed by atoms with Gasteiger partial charge in [0.15, 0.2) is 0 Å².